The number of aliphatic hydroxyl groups excluding tert-OH is 1. The first-order valence-corrected chi connectivity index (χ1v) is 10.5. The monoisotopic (exact) mass is 438 g/mol. The molecule has 152 valence electrons. The topological polar surface area (TPSA) is 70.5 Å². The van der Waals surface area contributed by atoms with Crippen LogP contribution in [0.2, 0.25) is 5.02 Å². The summed E-state index contributed by atoms with van der Waals surface area (Å²) in [5, 5.41) is 11.9. The summed E-state index contributed by atoms with van der Waals surface area (Å²) < 4.78 is 0. The predicted molar refractivity (Wildman–Crippen MR) is 119 cm³/mol. The highest BCUT2D eigenvalue weighted by molar-refractivity contribution is 7.16. The van der Waals surface area contributed by atoms with Crippen LogP contribution in [-0.2, 0) is 9.59 Å². The average molecular weight is 439 g/mol. The number of Topliss-reactive ketones (excluding diaryl/α,β-unsaturated/α-hetero) is 1. The van der Waals surface area contributed by atoms with Crippen molar-refractivity contribution in [1.82, 2.24) is 4.98 Å². The van der Waals surface area contributed by atoms with Crippen LogP contribution in [0.3, 0.4) is 0 Å². The van der Waals surface area contributed by atoms with E-state index in [1.165, 1.54) is 16.2 Å². The zero-order chi connectivity index (χ0) is 21.6. The Morgan fingerprint density at radius 1 is 1.10 bits per heavy atom. The van der Waals surface area contributed by atoms with Crippen molar-refractivity contribution in [2.75, 3.05) is 4.90 Å². The van der Waals surface area contributed by atoms with Crippen LogP contribution in [0.4, 0.5) is 5.13 Å². The number of thiazole rings is 1. The second-order valence-electron chi connectivity index (χ2n) is 7.23. The van der Waals surface area contributed by atoms with E-state index < -0.39 is 17.7 Å². The molecule has 1 atom stereocenters. The van der Waals surface area contributed by atoms with Gasteiger partial charge >= 0.3 is 5.91 Å². The molecule has 0 saturated carbocycles. The molecule has 2 heterocycles. The number of carbonyl (C=O) groups excluding carboxylic acids is 2. The molecule has 0 spiro atoms. The summed E-state index contributed by atoms with van der Waals surface area (Å²) in [6, 6.07) is 13.3. The maximum atomic E-state index is 13.1. The van der Waals surface area contributed by atoms with E-state index in [-0.39, 0.29) is 11.3 Å². The lowest BCUT2D eigenvalue weighted by Crippen LogP contribution is -2.29. The van der Waals surface area contributed by atoms with Crippen molar-refractivity contribution in [2.24, 2.45) is 0 Å². The summed E-state index contributed by atoms with van der Waals surface area (Å²) in [7, 11) is 0. The number of halogens is 1. The zero-order valence-corrected chi connectivity index (χ0v) is 18.2. The Kier molecular flexibility index (Phi) is 5.22. The van der Waals surface area contributed by atoms with E-state index in [1.807, 2.05) is 32.9 Å². The number of aromatic nitrogens is 1. The number of anilines is 1. The number of ketones is 1. The quantitative estimate of drug-likeness (QED) is 0.340. The molecule has 5 nitrogen and oxygen atoms in total. The Morgan fingerprint density at radius 2 is 1.80 bits per heavy atom. The Morgan fingerprint density at radius 3 is 2.40 bits per heavy atom. The first-order chi connectivity index (χ1) is 14.3. The first kappa shape index (κ1) is 20.3. The third kappa shape index (κ3) is 3.42. The molecule has 4 rings (SSSR count). The normalized spacial score (nSPS) is 18.3. The highest BCUT2D eigenvalue weighted by Gasteiger charge is 2.48. The molecule has 2 aromatic carbocycles. The third-order valence-corrected chi connectivity index (χ3v) is 6.46. The minimum atomic E-state index is -0.824. The molecule has 7 heteroatoms. The van der Waals surface area contributed by atoms with Gasteiger partial charge in [-0.05, 0) is 38.5 Å². The van der Waals surface area contributed by atoms with E-state index in [4.69, 9.17) is 11.6 Å². The number of hydrogen-bond acceptors (Lipinski definition) is 5. The lowest BCUT2D eigenvalue weighted by atomic mass is 9.95. The maximum absolute atomic E-state index is 13.1. The molecule has 1 amide bonds. The summed E-state index contributed by atoms with van der Waals surface area (Å²) in [6.07, 6.45) is 0. The number of hydrogen-bond donors (Lipinski definition) is 1. The molecule has 0 bridgehead atoms. The smallest absolute Gasteiger partial charge is 0.301 e. The minimum Gasteiger partial charge on any atom is -0.507 e. The molecule has 0 aliphatic carbocycles. The second kappa shape index (κ2) is 7.70. The fourth-order valence-corrected chi connectivity index (χ4v) is 4.58. The Bertz CT molecular complexity index is 1180. The first-order valence-electron chi connectivity index (χ1n) is 9.35. The van der Waals surface area contributed by atoms with Gasteiger partial charge < -0.3 is 5.11 Å². The van der Waals surface area contributed by atoms with E-state index in [9.17, 15) is 14.7 Å². The molecule has 1 unspecified atom stereocenters. The molecule has 1 N–H and O–H groups in total. The number of rotatable bonds is 3. The summed E-state index contributed by atoms with van der Waals surface area (Å²) in [5.74, 6) is -1.68. The number of aryl methyl sites for hydroxylation is 3. The van der Waals surface area contributed by atoms with Gasteiger partial charge in [-0.2, -0.15) is 0 Å². The van der Waals surface area contributed by atoms with Crippen LogP contribution in [0, 0.1) is 20.8 Å². The van der Waals surface area contributed by atoms with Crippen LogP contribution < -0.4 is 4.90 Å². The van der Waals surface area contributed by atoms with Crippen molar-refractivity contribution >= 4 is 45.5 Å². The molecule has 1 aromatic heterocycles. The number of aliphatic hydroxyl groups is 1. The van der Waals surface area contributed by atoms with Crippen LogP contribution in [0.1, 0.15) is 33.3 Å². The van der Waals surface area contributed by atoms with E-state index in [1.54, 1.807) is 36.4 Å². The number of amides is 1. The van der Waals surface area contributed by atoms with Gasteiger partial charge in [0.2, 0.25) is 0 Å². The highest BCUT2D eigenvalue weighted by atomic mass is 35.5. The lowest BCUT2D eigenvalue weighted by Gasteiger charge is -2.23. The van der Waals surface area contributed by atoms with Crippen LogP contribution in [-0.4, -0.2) is 21.8 Å². The second-order valence-corrected chi connectivity index (χ2v) is 8.85. The minimum absolute atomic E-state index is 0.0247. The van der Waals surface area contributed by atoms with Gasteiger partial charge in [0.1, 0.15) is 5.76 Å². The average Bonchev–Trinajstić information content (AvgIpc) is 3.18. The molecule has 1 aliphatic heterocycles. The van der Waals surface area contributed by atoms with Crippen LogP contribution in [0.5, 0.6) is 0 Å². The largest absolute Gasteiger partial charge is 0.507 e. The maximum Gasteiger partial charge on any atom is 0.301 e. The van der Waals surface area contributed by atoms with Gasteiger partial charge in [0.25, 0.3) is 5.78 Å². The Hall–Kier alpha value is -2.96. The molecule has 0 radical (unpaired) electrons. The van der Waals surface area contributed by atoms with Gasteiger partial charge in [0, 0.05) is 15.5 Å². The molecule has 1 aliphatic rings. The van der Waals surface area contributed by atoms with E-state index in [0.29, 0.717) is 21.3 Å². The van der Waals surface area contributed by atoms with E-state index >= 15 is 0 Å². The molecule has 1 saturated heterocycles. The summed E-state index contributed by atoms with van der Waals surface area (Å²) >= 11 is 7.54. The van der Waals surface area contributed by atoms with Crippen LogP contribution >= 0.6 is 22.9 Å². The predicted octanol–water partition coefficient (Wildman–Crippen LogP) is 5.35. The number of nitrogens with zero attached hydrogens (tertiary/aromatic N) is 2. The van der Waals surface area contributed by atoms with E-state index in [2.05, 4.69) is 4.98 Å². The van der Waals surface area contributed by atoms with E-state index in [0.717, 1.165) is 16.1 Å². The van der Waals surface area contributed by atoms with Gasteiger partial charge in [-0.3, -0.25) is 14.5 Å². The highest BCUT2D eigenvalue weighted by Crippen LogP contribution is 2.44. The van der Waals surface area contributed by atoms with Crippen molar-refractivity contribution < 1.29 is 14.7 Å². The molecule has 1 fully saturated rings. The Labute approximate surface area is 183 Å². The SMILES string of the molecule is Cc1ccc(/C(O)=C2\C(=O)C(=O)N(c3nc(C)c(C)s3)C2c2cccc(Cl)c2)cc1. The van der Waals surface area contributed by atoms with Crippen LogP contribution in [0.15, 0.2) is 54.1 Å². The summed E-state index contributed by atoms with van der Waals surface area (Å²) in [6.45, 7) is 5.70. The van der Waals surface area contributed by atoms with Gasteiger partial charge in [-0.1, -0.05) is 53.6 Å². The Balaban J connectivity index is 1.96. The lowest BCUT2D eigenvalue weighted by molar-refractivity contribution is -0.132. The van der Waals surface area contributed by atoms with Crippen molar-refractivity contribution in [3.63, 3.8) is 0 Å². The standard InChI is InChI=1S/C23H19ClN2O3S/c1-12-7-9-15(10-8-12)20(27)18-19(16-5-4-6-17(24)11-16)26(22(29)21(18)28)23-25-13(2)14(3)30-23/h4-11,19,27H,1-3H3/b20-18+. The summed E-state index contributed by atoms with van der Waals surface area (Å²) in [4.78, 5) is 32.9. The third-order valence-electron chi connectivity index (χ3n) is 5.16. The number of carbonyl (C=O) groups is 2. The van der Waals surface area contributed by atoms with Gasteiger partial charge in [-0.15, -0.1) is 11.3 Å². The summed E-state index contributed by atoms with van der Waals surface area (Å²) in [5.41, 5.74) is 2.93. The molecule has 3 aromatic rings. The molecule has 30 heavy (non-hydrogen) atoms. The van der Waals surface area contributed by atoms with Crippen molar-refractivity contribution in [3.8, 4) is 0 Å². The molecular weight excluding hydrogens is 420 g/mol. The van der Waals surface area contributed by atoms with Crippen molar-refractivity contribution in [1.29, 1.82) is 0 Å². The van der Waals surface area contributed by atoms with Crippen LogP contribution in [0.25, 0.3) is 5.76 Å². The molecular formula is C23H19ClN2O3S. The van der Waals surface area contributed by atoms with Gasteiger partial charge in [0.15, 0.2) is 5.13 Å². The zero-order valence-electron chi connectivity index (χ0n) is 16.6. The fraction of sp³-hybridized carbons (Fsp3) is 0.174. The van der Waals surface area contributed by atoms with Gasteiger partial charge in [-0.25, -0.2) is 4.98 Å². The number of benzene rings is 2. The fourth-order valence-electron chi connectivity index (χ4n) is 3.45. The van der Waals surface area contributed by atoms with Crippen molar-refractivity contribution in [3.05, 3.63) is 86.4 Å². The van der Waals surface area contributed by atoms with Gasteiger partial charge in [0.05, 0.1) is 17.3 Å². The van der Waals surface area contributed by atoms with Crippen molar-refractivity contribution in [2.45, 2.75) is 26.8 Å².